The lowest BCUT2D eigenvalue weighted by Crippen LogP contribution is -2.46. The van der Waals surface area contributed by atoms with Gasteiger partial charge in [0.1, 0.15) is 0 Å². The topological polar surface area (TPSA) is 80.1 Å². The van der Waals surface area contributed by atoms with Crippen molar-refractivity contribution in [3.8, 4) is 6.07 Å². The SMILES string of the molecule is Cc1c(C#N)cccc1C(C)Nc1nnc(C)c2cc(CN3CCN(C4CC4)CC3)c(NC3CCCC3)cc12. The summed E-state index contributed by atoms with van der Waals surface area (Å²) in [6.45, 7) is 11.8. The van der Waals surface area contributed by atoms with Gasteiger partial charge in [-0.1, -0.05) is 25.0 Å². The highest BCUT2D eigenvalue weighted by Crippen LogP contribution is 2.35. The van der Waals surface area contributed by atoms with E-state index in [1.807, 2.05) is 19.1 Å². The van der Waals surface area contributed by atoms with E-state index in [1.165, 1.54) is 62.9 Å². The number of nitriles is 1. The van der Waals surface area contributed by atoms with E-state index in [1.54, 1.807) is 0 Å². The predicted octanol–water partition coefficient (Wildman–Crippen LogP) is 5.93. The Hall–Kier alpha value is -3.21. The molecule has 0 bridgehead atoms. The summed E-state index contributed by atoms with van der Waals surface area (Å²) in [6.07, 6.45) is 7.86. The number of piperazine rings is 1. The molecule has 0 radical (unpaired) electrons. The number of anilines is 2. The van der Waals surface area contributed by atoms with Crippen LogP contribution in [0.1, 0.15) is 79.4 Å². The van der Waals surface area contributed by atoms with Crippen molar-refractivity contribution < 1.29 is 0 Å². The van der Waals surface area contributed by atoms with Gasteiger partial charge in [0.15, 0.2) is 5.82 Å². The van der Waals surface area contributed by atoms with Crippen LogP contribution in [0.5, 0.6) is 0 Å². The maximum Gasteiger partial charge on any atom is 0.157 e. The number of nitrogens with one attached hydrogen (secondary N) is 2. The van der Waals surface area contributed by atoms with Crippen LogP contribution in [-0.4, -0.2) is 58.3 Å². The van der Waals surface area contributed by atoms with E-state index in [4.69, 9.17) is 0 Å². The van der Waals surface area contributed by atoms with Gasteiger partial charge in [-0.15, -0.1) is 5.10 Å². The third-order valence-electron chi connectivity index (χ3n) is 9.08. The Labute approximate surface area is 232 Å². The molecule has 2 heterocycles. The second-order valence-electron chi connectivity index (χ2n) is 11.9. The Morgan fingerprint density at radius 3 is 2.49 bits per heavy atom. The Morgan fingerprint density at radius 1 is 1.00 bits per heavy atom. The highest BCUT2D eigenvalue weighted by atomic mass is 15.3. The summed E-state index contributed by atoms with van der Waals surface area (Å²) >= 11 is 0. The lowest BCUT2D eigenvalue weighted by molar-refractivity contribution is 0.121. The number of fused-ring (bicyclic) bond motifs is 1. The van der Waals surface area contributed by atoms with E-state index >= 15 is 0 Å². The van der Waals surface area contributed by atoms with E-state index < -0.39 is 0 Å². The maximum atomic E-state index is 9.51. The fraction of sp³-hybridized carbons (Fsp3) is 0.531. The van der Waals surface area contributed by atoms with E-state index in [0.29, 0.717) is 11.6 Å². The summed E-state index contributed by atoms with van der Waals surface area (Å²) in [5.74, 6) is 0.795. The highest BCUT2D eigenvalue weighted by molar-refractivity contribution is 5.96. The Kier molecular flexibility index (Phi) is 7.42. The molecule has 1 aromatic heterocycles. The molecule has 1 aliphatic heterocycles. The largest absolute Gasteiger partial charge is 0.382 e. The Bertz CT molecular complexity index is 1380. The third kappa shape index (κ3) is 5.59. The number of aryl methyl sites for hydroxylation is 1. The molecule has 1 unspecified atom stereocenters. The van der Waals surface area contributed by atoms with Gasteiger partial charge in [0.05, 0.1) is 23.4 Å². The summed E-state index contributed by atoms with van der Waals surface area (Å²) in [7, 11) is 0. The molecule has 39 heavy (non-hydrogen) atoms. The van der Waals surface area contributed by atoms with Crippen molar-refractivity contribution in [2.24, 2.45) is 0 Å². The Balaban J connectivity index is 1.31. The van der Waals surface area contributed by atoms with Crippen LogP contribution in [0.15, 0.2) is 30.3 Å². The average molecular weight is 524 g/mol. The summed E-state index contributed by atoms with van der Waals surface area (Å²) in [5, 5.41) is 28.5. The van der Waals surface area contributed by atoms with Crippen LogP contribution in [0.2, 0.25) is 0 Å². The molecule has 1 saturated heterocycles. The van der Waals surface area contributed by atoms with Crippen molar-refractivity contribution >= 4 is 22.3 Å². The second-order valence-corrected chi connectivity index (χ2v) is 11.9. The smallest absolute Gasteiger partial charge is 0.157 e. The Morgan fingerprint density at radius 2 is 1.77 bits per heavy atom. The zero-order valence-electron chi connectivity index (χ0n) is 23.6. The molecule has 204 valence electrons. The number of benzene rings is 2. The van der Waals surface area contributed by atoms with Gasteiger partial charge in [-0.3, -0.25) is 9.80 Å². The van der Waals surface area contributed by atoms with Gasteiger partial charge in [-0.2, -0.15) is 10.4 Å². The van der Waals surface area contributed by atoms with E-state index in [0.717, 1.165) is 59.1 Å². The van der Waals surface area contributed by atoms with Gasteiger partial charge < -0.3 is 10.6 Å². The lowest BCUT2D eigenvalue weighted by Gasteiger charge is -2.35. The van der Waals surface area contributed by atoms with Gasteiger partial charge >= 0.3 is 0 Å². The molecule has 0 amide bonds. The number of nitrogens with zero attached hydrogens (tertiary/aromatic N) is 5. The van der Waals surface area contributed by atoms with E-state index in [9.17, 15) is 5.26 Å². The van der Waals surface area contributed by atoms with Crippen LogP contribution in [0, 0.1) is 25.2 Å². The van der Waals surface area contributed by atoms with Crippen LogP contribution in [0.3, 0.4) is 0 Å². The van der Waals surface area contributed by atoms with Gasteiger partial charge in [0.25, 0.3) is 0 Å². The molecule has 2 aliphatic carbocycles. The zero-order valence-corrected chi connectivity index (χ0v) is 23.6. The molecule has 7 nitrogen and oxygen atoms in total. The first kappa shape index (κ1) is 26.0. The van der Waals surface area contributed by atoms with Gasteiger partial charge in [0, 0.05) is 61.3 Å². The number of aromatic nitrogens is 2. The van der Waals surface area contributed by atoms with Crippen LogP contribution >= 0.6 is 0 Å². The monoisotopic (exact) mass is 523 g/mol. The number of hydrogen-bond acceptors (Lipinski definition) is 7. The molecule has 2 saturated carbocycles. The minimum Gasteiger partial charge on any atom is -0.382 e. The molecule has 2 N–H and O–H groups in total. The first-order chi connectivity index (χ1) is 19.0. The molecule has 3 fully saturated rings. The summed E-state index contributed by atoms with van der Waals surface area (Å²) in [5.41, 5.74) is 6.39. The van der Waals surface area contributed by atoms with Gasteiger partial charge in [0.2, 0.25) is 0 Å². The molecule has 1 atom stereocenters. The van der Waals surface area contributed by atoms with Gasteiger partial charge in [-0.25, -0.2) is 0 Å². The second kappa shape index (κ2) is 11.1. The van der Waals surface area contributed by atoms with Crippen LogP contribution in [0.4, 0.5) is 11.5 Å². The maximum absolute atomic E-state index is 9.51. The molecular formula is C32H41N7. The zero-order chi connectivity index (χ0) is 26.9. The quantitative estimate of drug-likeness (QED) is 0.379. The van der Waals surface area contributed by atoms with E-state index in [2.05, 4.69) is 68.7 Å². The van der Waals surface area contributed by atoms with Crippen molar-refractivity contribution in [2.45, 2.75) is 84.0 Å². The molecular weight excluding hydrogens is 482 g/mol. The molecule has 0 spiro atoms. The van der Waals surface area contributed by atoms with Crippen molar-refractivity contribution in [1.82, 2.24) is 20.0 Å². The van der Waals surface area contributed by atoms with Crippen molar-refractivity contribution in [2.75, 3.05) is 36.8 Å². The van der Waals surface area contributed by atoms with Crippen molar-refractivity contribution in [3.63, 3.8) is 0 Å². The number of hydrogen-bond donors (Lipinski definition) is 2. The summed E-state index contributed by atoms with van der Waals surface area (Å²) < 4.78 is 0. The van der Waals surface area contributed by atoms with Crippen molar-refractivity contribution in [1.29, 1.82) is 5.26 Å². The minimum absolute atomic E-state index is 0.00723. The molecule has 7 heteroatoms. The van der Waals surface area contributed by atoms with Crippen LogP contribution in [-0.2, 0) is 6.54 Å². The minimum atomic E-state index is -0.00723. The molecule has 3 aliphatic rings. The standard InChI is InChI=1S/C32H41N7/c1-21-24(19-33)7-6-10-28(21)22(2)34-32-30-18-31(35-26-8-4-5-9-26)25(17-29(30)23(3)36-37-32)20-38-13-15-39(16-14-38)27-11-12-27/h6-7,10,17-18,22,26-27,35H,4-5,8-9,11-16,20H2,1-3H3,(H,34,37). The number of rotatable bonds is 8. The van der Waals surface area contributed by atoms with Crippen LogP contribution < -0.4 is 10.6 Å². The first-order valence-corrected chi connectivity index (χ1v) is 14.8. The fourth-order valence-corrected chi connectivity index (χ4v) is 6.53. The fourth-order valence-electron chi connectivity index (χ4n) is 6.53. The molecule has 6 rings (SSSR count). The van der Waals surface area contributed by atoms with E-state index in [-0.39, 0.29) is 6.04 Å². The average Bonchev–Trinajstić information content (AvgIpc) is 3.67. The predicted molar refractivity (Wildman–Crippen MR) is 158 cm³/mol. The summed E-state index contributed by atoms with van der Waals surface area (Å²) in [4.78, 5) is 5.30. The normalized spacial score (nSPS) is 19.7. The molecule has 2 aromatic carbocycles. The third-order valence-corrected chi connectivity index (χ3v) is 9.08. The van der Waals surface area contributed by atoms with Gasteiger partial charge in [-0.05, 0) is 81.3 Å². The lowest BCUT2D eigenvalue weighted by atomic mass is 9.98. The van der Waals surface area contributed by atoms with Crippen molar-refractivity contribution in [3.05, 3.63) is 58.3 Å². The molecule has 3 aromatic rings. The summed E-state index contributed by atoms with van der Waals surface area (Å²) in [6, 6.07) is 14.3. The highest BCUT2D eigenvalue weighted by Gasteiger charge is 2.31. The first-order valence-electron chi connectivity index (χ1n) is 14.8. The van der Waals surface area contributed by atoms with Crippen LogP contribution in [0.25, 0.3) is 10.8 Å².